The summed E-state index contributed by atoms with van der Waals surface area (Å²) in [5, 5.41) is 4.88. The number of carbonyl (C=O) groups excluding carboxylic acids is 2. The number of hydrogen-bond acceptors (Lipinski definition) is 3. The number of hydrogen-bond donors (Lipinski definition) is 2. The molecule has 4 aromatic rings. The van der Waals surface area contributed by atoms with E-state index < -0.39 is 29.0 Å². The van der Waals surface area contributed by atoms with Gasteiger partial charge in [0, 0.05) is 18.3 Å². The monoisotopic (exact) mass is 496 g/mol. The fourth-order valence-corrected chi connectivity index (χ4v) is 3.77. The molecule has 0 aliphatic rings. The van der Waals surface area contributed by atoms with Gasteiger partial charge >= 0.3 is 0 Å². The van der Waals surface area contributed by atoms with Crippen LogP contribution in [0.15, 0.2) is 71.5 Å². The van der Waals surface area contributed by atoms with Crippen molar-refractivity contribution < 1.29 is 18.4 Å². The molecule has 0 spiro atoms. The minimum Gasteiger partial charge on any atom is -0.322 e. The van der Waals surface area contributed by atoms with Gasteiger partial charge in [-0.25, -0.2) is 13.5 Å². The molecule has 4 rings (SSSR count). The van der Waals surface area contributed by atoms with Gasteiger partial charge in [-0.3, -0.25) is 19.1 Å². The van der Waals surface area contributed by atoms with Gasteiger partial charge in [0.2, 0.25) is 0 Å². The van der Waals surface area contributed by atoms with Crippen LogP contribution in [0.2, 0.25) is 5.02 Å². The summed E-state index contributed by atoms with van der Waals surface area (Å²) in [5.41, 5.74) is 1.02. The predicted molar refractivity (Wildman–Crippen MR) is 129 cm³/mol. The molecule has 1 heterocycles. The molecule has 0 aliphatic carbocycles. The molecule has 35 heavy (non-hydrogen) atoms. The SMILES string of the molecule is Cc1c(NC(=O)c2cccc(NC(=O)c3cc(F)c(F)cc3Cl)c2)c(=O)n(-c2ccccc2)n1C. The van der Waals surface area contributed by atoms with Crippen LogP contribution in [0.4, 0.5) is 20.2 Å². The molecule has 0 fully saturated rings. The summed E-state index contributed by atoms with van der Waals surface area (Å²) in [4.78, 5) is 38.5. The maximum Gasteiger partial charge on any atom is 0.295 e. The van der Waals surface area contributed by atoms with Gasteiger partial charge in [-0.05, 0) is 49.4 Å². The third-order valence-electron chi connectivity index (χ3n) is 5.43. The van der Waals surface area contributed by atoms with Crippen LogP contribution in [0.3, 0.4) is 0 Å². The minimum atomic E-state index is -1.22. The summed E-state index contributed by atoms with van der Waals surface area (Å²) in [6.45, 7) is 1.71. The van der Waals surface area contributed by atoms with Gasteiger partial charge in [0.1, 0.15) is 5.69 Å². The maximum atomic E-state index is 13.5. The summed E-state index contributed by atoms with van der Waals surface area (Å²) in [6.07, 6.45) is 0. The Morgan fingerprint density at radius 1 is 0.886 bits per heavy atom. The molecule has 10 heteroatoms. The molecular weight excluding hydrogens is 478 g/mol. The molecule has 178 valence electrons. The molecule has 2 amide bonds. The van der Waals surface area contributed by atoms with Crippen molar-refractivity contribution in [1.29, 1.82) is 0 Å². The van der Waals surface area contributed by atoms with Crippen molar-refractivity contribution in [2.45, 2.75) is 6.92 Å². The molecule has 0 atom stereocenters. The number of benzene rings is 3. The summed E-state index contributed by atoms with van der Waals surface area (Å²) in [6, 6.07) is 16.3. The molecule has 7 nitrogen and oxygen atoms in total. The van der Waals surface area contributed by atoms with Gasteiger partial charge in [0.15, 0.2) is 11.6 Å². The highest BCUT2D eigenvalue weighted by Crippen LogP contribution is 2.22. The molecule has 0 aliphatic heterocycles. The first-order valence-corrected chi connectivity index (χ1v) is 10.8. The van der Waals surface area contributed by atoms with Crippen LogP contribution < -0.4 is 16.2 Å². The number of nitrogens with one attached hydrogen (secondary N) is 2. The zero-order valence-electron chi connectivity index (χ0n) is 18.6. The van der Waals surface area contributed by atoms with Gasteiger partial charge in [-0.2, -0.15) is 0 Å². The standard InChI is InChI=1S/C25H19ClF2N4O3/c1-14-22(25(35)32(31(14)2)17-9-4-3-5-10-17)30-23(33)15-7-6-8-16(11-15)29-24(34)18-12-20(27)21(28)13-19(18)26/h3-13H,1-2H3,(H,29,34)(H,30,33). The van der Waals surface area contributed by atoms with Crippen LogP contribution in [0.1, 0.15) is 26.4 Å². The molecule has 0 saturated carbocycles. The predicted octanol–water partition coefficient (Wildman–Crippen LogP) is 4.92. The zero-order chi connectivity index (χ0) is 25.3. The molecular formula is C25H19ClF2N4O3. The van der Waals surface area contributed by atoms with Crippen molar-refractivity contribution in [3.05, 3.63) is 111 Å². The molecule has 1 aromatic heterocycles. The number of aromatic nitrogens is 2. The van der Waals surface area contributed by atoms with Crippen LogP contribution >= 0.6 is 11.6 Å². The van der Waals surface area contributed by atoms with Gasteiger partial charge in [-0.1, -0.05) is 35.9 Å². The van der Waals surface area contributed by atoms with E-state index in [0.29, 0.717) is 23.5 Å². The third-order valence-corrected chi connectivity index (χ3v) is 5.74. The molecule has 3 aromatic carbocycles. The number of anilines is 2. The normalized spacial score (nSPS) is 10.8. The van der Waals surface area contributed by atoms with Crippen molar-refractivity contribution in [2.75, 3.05) is 10.6 Å². The van der Waals surface area contributed by atoms with E-state index in [9.17, 15) is 23.2 Å². The van der Waals surface area contributed by atoms with Crippen molar-refractivity contribution in [1.82, 2.24) is 9.36 Å². The van der Waals surface area contributed by atoms with Crippen LogP contribution in [0.5, 0.6) is 0 Å². The first-order valence-electron chi connectivity index (χ1n) is 10.4. The largest absolute Gasteiger partial charge is 0.322 e. The van der Waals surface area contributed by atoms with E-state index in [1.807, 2.05) is 6.07 Å². The summed E-state index contributed by atoms with van der Waals surface area (Å²) in [5.74, 6) is -3.74. The lowest BCUT2D eigenvalue weighted by Crippen LogP contribution is -2.23. The fourth-order valence-electron chi connectivity index (χ4n) is 3.53. The lowest BCUT2D eigenvalue weighted by Gasteiger charge is -2.09. The fraction of sp³-hybridized carbons (Fsp3) is 0.0800. The lowest BCUT2D eigenvalue weighted by molar-refractivity contribution is 0.101. The maximum absolute atomic E-state index is 13.5. The van der Waals surface area contributed by atoms with Crippen molar-refractivity contribution in [3.63, 3.8) is 0 Å². The highest BCUT2D eigenvalue weighted by atomic mass is 35.5. The smallest absolute Gasteiger partial charge is 0.295 e. The zero-order valence-corrected chi connectivity index (χ0v) is 19.4. The Labute approximate surface area is 203 Å². The van der Waals surface area contributed by atoms with Gasteiger partial charge in [0.25, 0.3) is 17.4 Å². The van der Waals surface area contributed by atoms with E-state index in [0.717, 1.165) is 0 Å². The van der Waals surface area contributed by atoms with Gasteiger partial charge < -0.3 is 10.6 Å². The second-order valence-electron chi connectivity index (χ2n) is 7.67. The van der Waals surface area contributed by atoms with E-state index in [4.69, 9.17) is 11.6 Å². The Bertz CT molecular complexity index is 1510. The average molecular weight is 497 g/mol. The first kappa shape index (κ1) is 23.9. The van der Waals surface area contributed by atoms with E-state index in [-0.39, 0.29) is 27.5 Å². The Hall–Kier alpha value is -4.24. The van der Waals surface area contributed by atoms with Crippen LogP contribution in [0.25, 0.3) is 5.69 Å². The summed E-state index contributed by atoms with van der Waals surface area (Å²) >= 11 is 5.86. The summed E-state index contributed by atoms with van der Waals surface area (Å²) in [7, 11) is 1.71. The number of amides is 2. The van der Waals surface area contributed by atoms with Crippen LogP contribution in [-0.2, 0) is 7.05 Å². The number of carbonyl (C=O) groups is 2. The molecule has 0 radical (unpaired) electrons. The average Bonchev–Trinajstić information content (AvgIpc) is 3.05. The minimum absolute atomic E-state index is 0.115. The number of halogens is 3. The lowest BCUT2D eigenvalue weighted by atomic mass is 10.1. The second-order valence-corrected chi connectivity index (χ2v) is 8.08. The number of para-hydroxylation sites is 1. The van der Waals surface area contributed by atoms with E-state index >= 15 is 0 Å². The van der Waals surface area contributed by atoms with Gasteiger partial charge in [0.05, 0.1) is 22.0 Å². The topological polar surface area (TPSA) is 85.1 Å². The number of rotatable bonds is 5. The molecule has 0 saturated heterocycles. The Kier molecular flexibility index (Phi) is 6.52. The van der Waals surface area contributed by atoms with Crippen molar-refractivity contribution in [3.8, 4) is 5.69 Å². The van der Waals surface area contributed by atoms with Crippen molar-refractivity contribution in [2.24, 2.45) is 7.05 Å². The second kappa shape index (κ2) is 9.55. The van der Waals surface area contributed by atoms with E-state index in [2.05, 4.69) is 10.6 Å². The Balaban J connectivity index is 1.57. The Morgan fingerprint density at radius 3 is 2.29 bits per heavy atom. The van der Waals surface area contributed by atoms with Crippen LogP contribution in [-0.4, -0.2) is 21.2 Å². The van der Waals surface area contributed by atoms with E-state index in [1.165, 1.54) is 28.9 Å². The molecule has 0 bridgehead atoms. The van der Waals surface area contributed by atoms with Crippen molar-refractivity contribution >= 4 is 34.8 Å². The van der Waals surface area contributed by atoms with Gasteiger partial charge in [-0.15, -0.1) is 0 Å². The highest BCUT2D eigenvalue weighted by molar-refractivity contribution is 6.34. The summed E-state index contributed by atoms with van der Waals surface area (Å²) < 4.78 is 29.9. The third kappa shape index (κ3) is 4.71. The highest BCUT2D eigenvalue weighted by Gasteiger charge is 2.20. The quantitative estimate of drug-likeness (QED) is 0.385. The molecule has 0 unspecified atom stereocenters. The molecule has 2 N–H and O–H groups in total. The number of nitrogens with zero attached hydrogens (tertiary/aromatic N) is 2. The first-order chi connectivity index (χ1) is 16.7. The van der Waals surface area contributed by atoms with Crippen LogP contribution in [0, 0.1) is 18.6 Å². The van der Waals surface area contributed by atoms with E-state index in [1.54, 1.807) is 42.9 Å². The Morgan fingerprint density at radius 2 is 1.57 bits per heavy atom.